The quantitative estimate of drug-likeness (QED) is 0.805. The predicted molar refractivity (Wildman–Crippen MR) is 95.7 cm³/mol. The van der Waals surface area contributed by atoms with Crippen molar-refractivity contribution in [2.45, 2.75) is 57.3 Å². The Morgan fingerprint density at radius 3 is 2.85 bits per heavy atom. The van der Waals surface area contributed by atoms with Crippen LogP contribution in [0.4, 0.5) is 8.78 Å². The van der Waals surface area contributed by atoms with Crippen LogP contribution in [-0.4, -0.2) is 17.1 Å². The van der Waals surface area contributed by atoms with Crippen molar-refractivity contribution < 1.29 is 13.5 Å². The van der Waals surface area contributed by atoms with Crippen molar-refractivity contribution in [2.75, 3.05) is 7.11 Å². The average Bonchev–Trinajstić information content (AvgIpc) is 3.06. The molecule has 1 spiro atoms. The van der Waals surface area contributed by atoms with Gasteiger partial charge in [-0.2, -0.15) is 8.78 Å². The van der Waals surface area contributed by atoms with Crippen molar-refractivity contribution in [3.8, 4) is 5.75 Å². The van der Waals surface area contributed by atoms with Gasteiger partial charge in [0.15, 0.2) is 5.69 Å². The van der Waals surface area contributed by atoms with Gasteiger partial charge in [0, 0.05) is 12.5 Å². The number of hydrogen-bond donors (Lipinski definition) is 1. The maximum absolute atomic E-state index is 14.6. The summed E-state index contributed by atoms with van der Waals surface area (Å²) >= 11 is 0. The third-order valence-corrected chi connectivity index (χ3v) is 6.25. The van der Waals surface area contributed by atoms with Crippen molar-refractivity contribution in [3.05, 3.63) is 34.2 Å². The third-order valence-electron chi connectivity index (χ3n) is 6.25. The summed E-state index contributed by atoms with van der Waals surface area (Å²) in [5, 5.41) is 0. The van der Waals surface area contributed by atoms with Crippen LogP contribution in [0.1, 0.15) is 57.1 Å². The lowest BCUT2D eigenvalue weighted by Gasteiger charge is -2.16. The van der Waals surface area contributed by atoms with Gasteiger partial charge in [-0.1, -0.05) is 12.8 Å². The highest BCUT2D eigenvalue weighted by Crippen LogP contribution is 2.64. The fourth-order valence-electron chi connectivity index (χ4n) is 4.66. The van der Waals surface area contributed by atoms with Crippen LogP contribution in [0, 0.1) is 11.3 Å². The molecule has 0 aliphatic heterocycles. The topological polar surface area (TPSA) is 55.0 Å². The number of rotatable bonds is 6. The first-order chi connectivity index (χ1) is 12.4. The van der Waals surface area contributed by atoms with E-state index in [9.17, 15) is 13.6 Å². The molecule has 140 valence electrons. The van der Waals surface area contributed by atoms with Gasteiger partial charge in [0.2, 0.25) is 0 Å². The summed E-state index contributed by atoms with van der Waals surface area (Å²) in [6.07, 6.45) is 7.25. The standard InChI is InChI=1S/C20H24F2N2O2/c1-26-14-6-7-15-16(11-14)24-18(25)17(23-15)20(21,22)10-4-5-13-12-19(13)8-2-3-9-19/h6-7,11,13H,2-5,8-10,12H2,1H3,(H,24,25). The molecule has 4 nitrogen and oxygen atoms in total. The van der Waals surface area contributed by atoms with Gasteiger partial charge in [-0.3, -0.25) is 4.79 Å². The van der Waals surface area contributed by atoms with E-state index in [4.69, 9.17) is 4.74 Å². The minimum absolute atomic E-state index is 0.322. The Bertz CT molecular complexity index is 872. The highest BCUT2D eigenvalue weighted by atomic mass is 19.3. The number of halogens is 2. The molecule has 1 aromatic heterocycles. The molecule has 0 radical (unpaired) electrons. The lowest BCUT2D eigenvalue weighted by Crippen LogP contribution is -2.27. The zero-order valence-corrected chi connectivity index (χ0v) is 15.0. The average molecular weight is 362 g/mol. The highest BCUT2D eigenvalue weighted by Gasteiger charge is 2.54. The maximum Gasteiger partial charge on any atom is 0.295 e. The summed E-state index contributed by atoms with van der Waals surface area (Å²) in [5.74, 6) is -2.06. The number of nitrogens with one attached hydrogen (secondary N) is 1. The van der Waals surface area contributed by atoms with E-state index in [1.807, 2.05) is 0 Å². The normalized spacial score (nSPS) is 21.4. The van der Waals surface area contributed by atoms with E-state index in [0.717, 1.165) is 6.42 Å². The number of fused-ring (bicyclic) bond motifs is 1. The number of alkyl halides is 2. The zero-order valence-electron chi connectivity index (χ0n) is 15.0. The minimum Gasteiger partial charge on any atom is -0.497 e. The molecule has 2 aromatic rings. The van der Waals surface area contributed by atoms with Crippen LogP contribution in [0.5, 0.6) is 5.75 Å². The Labute approximate surface area is 151 Å². The predicted octanol–water partition coefficient (Wildman–Crippen LogP) is 4.77. The number of ether oxygens (including phenoxy) is 1. The lowest BCUT2D eigenvalue weighted by atomic mass is 9.98. The number of benzene rings is 1. The van der Waals surface area contributed by atoms with Gasteiger partial charge in [-0.05, 0) is 55.6 Å². The molecule has 1 unspecified atom stereocenters. The SMILES string of the molecule is COc1ccc2nc(C(F)(F)CCCC3CC34CCCC4)c(=O)[nH]c2c1. The molecule has 1 heterocycles. The van der Waals surface area contributed by atoms with E-state index in [0.29, 0.717) is 34.5 Å². The largest absolute Gasteiger partial charge is 0.497 e. The smallest absolute Gasteiger partial charge is 0.295 e. The van der Waals surface area contributed by atoms with Gasteiger partial charge in [0.1, 0.15) is 5.75 Å². The van der Waals surface area contributed by atoms with E-state index in [1.165, 1.54) is 39.2 Å². The molecule has 2 aliphatic rings. The van der Waals surface area contributed by atoms with Crippen LogP contribution in [0.2, 0.25) is 0 Å². The monoisotopic (exact) mass is 362 g/mol. The molecular weight excluding hydrogens is 338 g/mol. The number of methoxy groups -OCH3 is 1. The molecular formula is C20H24F2N2O2. The molecule has 0 saturated heterocycles. The van der Waals surface area contributed by atoms with Gasteiger partial charge in [0.25, 0.3) is 11.5 Å². The molecule has 0 bridgehead atoms. The van der Waals surface area contributed by atoms with E-state index in [-0.39, 0.29) is 6.42 Å². The van der Waals surface area contributed by atoms with Gasteiger partial charge < -0.3 is 9.72 Å². The summed E-state index contributed by atoms with van der Waals surface area (Å²) in [4.78, 5) is 18.6. The van der Waals surface area contributed by atoms with Crippen LogP contribution in [-0.2, 0) is 5.92 Å². The Kier molecular flexibility index (Phi) is 4.24. The second kappa shape index (κ2) is 6.32. The number of aromatic nitrogens is 2. The fourth-order valence-corrected chi connectivity index (χ4v) is 4.66. The minimum atomic E-state index is -3.21. The third kappa shape index (κ3) is 3.10. The summed E-state index contributed by atoms with van der Waals surface area (Å²) in [6.45, 7) is 0. The van der Waals surface area contributed by atoms with Gasteiger partial charge in [-0.15, -0.1) is 0 Å². The van der Waals surface area contributed by atoms with Gasteiger partial charge in [-0.25, -0.2) is 4.98 Å². The Hall–Kier alpha value is -1.98. The number of hydrogen-bond acceptors (Lipinski definition) is 3. The van der Waals surface area contributed by atoms with Crippen molar-refractivity contribution in [3.63, 3.8) is 0 Å². The first-order valence-corrected chi connectivity index (χ1v) is 9.40. The van der Waals surface area contributed by atoms with Crippen molar-refractivity contribution >= 4 is 11.0 Å². The van der Waals surface area contributed by atoms with Crippen molar-refractivity contribution in [1.29, 1.82) is 0 Å². The van der Waals surface area contributed by atoms with Crippen LogP contribution in [0.15, 0.2) is 23.0 Å². The molecule has 2 fully saturated rings. The fraction of sp³-hybridized carbons (Fsp3) is 0.600. The van der Waals surface area contributed by atoms with Crippen LogP contribution in [0.3, 0.4) is 0 Å². The molecule has 1 atom stereocenters. The second-order valence-corrected chi connectivity index (χ2v) is 7.86. The Morgan fingerprint density at radius 1 is 1.35 bits per heavy atom. The van der Waals surface area contributed by atoms with Crippen molar-refractivity contribution in [2.24, 2.45) is 11.3 Å². The van der Waals surface area contributed by atoms with Crippen LogP contribution < -0.4 is 10.3 Å². The Balaban J connectivity index is 1.46. The Morgan fingerprint density at radius 2 is 2.12 bits per heavy atom. The number of aromatic amines is 1. The zero-order chi connectivity index (χ0) is 18.4. The van der Waals surface area contributed by atoms with E-state index in [1.54, 1.807) is 18.2 Å². The number of nitrogens with zero attached hydrogens (tertiary/aromatic N) is 1. The van der Waals surface area contributed by atoms with Crippen LogP contribution >= 0.6 is 0 Å². The summed E-state index contributed by atoms with van der Waals surface area (Å²) in [5.41, 5.74) is -0.286. The maximum atomic E-state index is 14.6. The van der Waals surface area contributed by atoms with Gasteiger partial charge in [0.05, 0.1) is 18.1 Å². The summed E-state index contributed by atoms with van der Waals surface area (Å²) in [7, 11) is 1.50. The first kappa shape index (κ1) is 17.4. The van der Waals surface area contributed by atoms with Crippen molar-refractivity contribution in [1.82, 2.24) is 9.97 Å². The second-order valence-electron chi connectivity index (χ2n) is 7.86. The highest BCUT2D eigenvalue weighted by molar-refractivity contribution is 5.75. The molecule has 26 heavy (non-hydrogen) atoms. The lowest BCUT2D eigenvalue weighted by molar-refractivity contribution is -0.0217. The van der Waals surface area contributed by atoms with Crippen LogP contribution in [0.25, 0.3) is 11.0 Å². The molecule has 2 aliphatic carbocycles. The molecule has 0 amide bonds. The molecule has 1 aromatic carbocycles. The first-order valence-electron chi connectivity index (χ1n) is 9.40. The summed E-state index contributed by atoms with van der Waals surface area (Å²) < 4.78 is 34.3. The summed E-state index contributed by atoms with van der Waals surface area (Å²) in [6, 6.07) is 4.81. The molecule has 1 N–H and O–H groups in total. The molecule has 4 rings (SSSR count). The van der Waals surface area contributed by atoms with Gasteiger partial charge >= 0.3 is 0 Å². The van der Waals surface area contributed by atoms with E-state index in [2.05, 4.69) is 9.97 Å². The van der Waals surface area contributed by atoms with E-state index >= 15 is 0 Å². The number of H-pyrrole nitrogens is 1. The van der Waals surface area contributed by atoms with E-state index < -0.39 is 17.2 Å². The molecule has 6 heteroatoms. The molecule has 2 saturated carbocycles.